The Labute approximate surface area is 156 Å². The van der Waals surface area contributed by atoms with Crippen molar-refractivity contribution in [3.05, 3.63) is 11.6 Å². The maximum absolute atomic E-state index is 11.8. The number of hydrogen-bond donors (Lipinski definition) is 2. The maximum Gasteiger partial charge on any atom is 0.303 e. The van der Waals surface area contributed by atoms with Crippen molar-refractivity contribution in [3.63, 3.8) is 0 Å². The Kier molecular flexibility index (Phi) is 4.98. The molecule has 26 heavy (non-hydrogen) atoms. The van der Waals surface area contributed by atoms with Gasteiger partial charge in [0.15, 0.2) is 5.78 Å². The zero-order valence-corrected chi connectivity index (χ0v) is 15.8. The number of aliphatic hydroxyl groups excluding tert-OH is 1. The van der Waals surface area contributed by atoms with Gasteiger partial charge in [0.05, 0.1) is 6.10 Å². The summed E-state index contributed by atoms with van der Waals surface area (Å²) < 4.78 is 0. The lowest BCUT2D eigenvalue weighted by atomic mass is 9.54. The smallest absolute Gasteiger partial charge is 0.303 e. The molecule has 0 aromatic rings. The van der Waals surface area contributed by atoms with Gasteiger partial charge in [-0.3, -0.25) is 9.59 Å². The van der Waals surface area contributed by atoms with Crippen molar-refractivity contribution in [1.29, 1.82) is 0 Å². The fraction of sp³-hybridized carbons (Fsp3) is 0.818. The quantitative estimate of drug-likeness (QED) is 0.799. The fourth-order valence-corrected chi connectivity index (χ4v) is 7.15. The summed E-state index contributed by atoms with van der Waals surface area (Å²) >= 11 is 0. The highest BCUT2D eigenvalue weighted by molar-refractivity contribution is 5.91. The molecule has 3 saturated carbocycles. The molecular formula is C22H32O4. The highest BCUT2D eigenvalue weighted by atomic mass is 16.4. The largest absolute Gasteiger partial charge is 0.481 e. The van der Waals surface area contributed by atoms with Gasteiger partial charge in [-0.25, -0.2) is 0 Å². The Morgan fingerprint density at radius 3 is 2.73 bits per heavy atom. The lowest BCUT2D eigenvalue weighted by molar-refractivity contribution is -0.137. The molecule has 4 aliphatic carbocycles. The topological polar surface area (TPSA) is 74.6 Å². The number of hydrogen-bond acceptors (Lipinski definition) is 3. The van der Waals surface area contributed by atoms with E-state index in [2.05, 4.69) is 6.92 Å². The average molecular weight is 360 g/mol. The summed E-state index contributed by atoms with van der Waals surface area (Å²) in [7, 11) is 0. The molecule has 3 fully saturated rings. The molecule has 0 aromatic heterocycles. The lowest BCUT2D eigenvalue weighted by Crippen LogP contribution is -2.48. The van der Waals surface area contributed by atoms with Crippen molar-refractivity contribution in [3.8, 4) is 0 Å². The second kappa shape index (κ2) is 7.10. The van der Waals surface area contributed by atoms with Crippen LogP contribution in [-0.4, -0.2) is 28.1 Å². The third-order valence-electron chi connectivity index (χ3n) is 8.23. The Morgan fingerprint density at radius 1 is 1.15 bits per heavy atom. The molecule has 0 radical (unpaired) electrons. The molecule has 0 saturated heterocycles. The van der Waals surface area contributed by atoms with E-state index in [0.29, 0.717) is 47.8 Å². The van der Waals surface area contributed by atoms with E-state index >= 15 is 0 Å². The number of carbonyl (C=O) groups excluding carboxylic acids is 1. The normalized spacial score (nSPS) is 43.1. The van der Waals surface area contributed by atoms with E-state index in [-0.39, 0.29) is 18.3 Å². The minimum atomic E-state index is -0.714. The van der Waals surface area contributed by atoms with Crippen molar-refractivity contribution in [2.45, 2.75) is 70.8 Å². The first-order valence-corrected chi connectivity index (χ1v) is 10.6. The first kappa shape index (κ1) is 18.2. The van der Waals surface area contributed by atoms with Crippen LogP contribution in [0.5, 0.6) is 0 Å². The summed E-state index contributed by atoms with van der Waals surface area (Å²) in [6, 6.07) is 0. The molecular weight excluding hydrogens is 328 g/mol. The number of carbonyl (C=O) groups is 2. The van der Waals surface area contributed by atoms with E-state index in [1.165, 1.54) is 18.4 Å². The zero-order valence-electron chi connectivity index (χ0n) is 15.8. The minimum Gasteiger partial charge on any atom is -0.481 e. The average Bonchev–Trinajstić information content (AvgIpc) is 3.05. The Bertz CT molecular complexity index is 609. The number of ketones is 1. The van der Waals surface area contributed by atoms with Crippen molar-refractivity contribution in [2.24, 2.45) is 41.4 Å². The number of allylic oxidation sites excluding steroid dienone is 1. The fourth-order valence-electron chi connectivity index (χ4n) is 7.15. The number of carboxylic acid groups (broad SMARTS) is 1. The molecule has 4 nitrogen and oxygen atoms in total. The van der Waals surface area contributed by atoms with E-state index in [1.807, 2.05) is 6.08 Å². The van der Waals surface area contributed by atoms with Crippen LogP contribution in [0.25, 0.3) is 0 Å². The molecule has 0 spiro atoms. The first-order valence-electron chi connectivity index (χ1n) is 10.6. The summed E-state index contributed by atoms with van der Waals surface area (Å²) in [5.74, 6) is 3.13. The summed E-state index contributed by atoms with van der Waals surface area (Å²) in [6.07, 6.45) is 9.73. The number of fused-ring (bicyclic) bond motifs is 5. The van der Waals surface area contributed by atoms with E-state index in [0.717, 1.165) is 32.1 Å². The Balaban J connectivity index is 1.50. The van der Waals surface area contributed by atoms with Gasteiger partial charge in [0.1, 0.15) is 0 Å². The van der Waals surface area contributed by atoms with Gasteiger partial charge in [0, 0.05) is 12.8 Å². The molecule has 0 amide bonds. The monoisotopic (exact) mass is 360 g/mol. The zero-order chi connectivity index (χ0) is 18.4. The second-order valence-electron chi connectivity index (χ2n) is 9.39. The maximum atomic E-state index is 11.8. The highest BCUT2D eigenvalue weighted by Crippen LogP contribution is 2.59. The van der Waals surface area contributed by atoms with Crippen LogP contribution in [0, 0.1) is 41.4 Å². The third-order valence-corrected chi connectivity index (χ3v) is 8.23. The van der Waals surface area contributed by atoms with Gasteiger partial charge in [-0.15, -0.1) is 0 Å². The molecule has 4 aliphatic rings. The molecule has 0 bridgehead atoms. The van der Waals surface area contributed by atoms with Crippen LogP contribution in [-0.2, 0) is 9.59 Å². The SMILES string of the molecule is CC(CCC(=O)O)C1CC[C@@H]2[C@@H]1C(O)C[C@H]1[C@H]2CCC2=CC(=O)CC[C@@H]21. The minimum absolute atomic E-state index is 0.238. The van der Waals surface area contributed by atoms with E-state index in [1.54, 1.807) is 0 Å². The summed E-state index contributed by atoms with van der Waals surface area (Å²) in [4.78, 5) is 22.7. The predicted molar refractivity (Wildman–Crippen MR) is 98.4 cm³/mol. The number of rotatable bonds is 4. The van der Waals surface area contributed by atoms with Crippen LogP contribution in [0.15, 0.2) is 11.6 Å². The number of aliphatic carboxylic acids is 1. The van der Waals surface area contributed by atoms with Crippen molar-refractivity contribution in [1.82, 2.24) is 0 Å². The molecule has 144 valence electrons. The van der Waals surface area contributed by atoms with Crippen molar-refractivity contribution < 1.29 is 19.8 Å². The van der Waals surface area contributed by atoms with Gasteiger partial charge in [0.25, 0.3) is 0 Å². The van der Waals surface area contributed by atoms with Gasteiger partial charge in [-0.05, 0) is 92.4 Å². The Hall–Kier alpha value is -1.16. The Morgan fingerprint density at radius 2 is 1.96 bits per heavy atom. The molecule has 4 heteroatoms. The van der Waals surface area contributed by atoms with E-state index < -0.39 is 5.97 Å². The van der Waals surface area contributed by atoms with Crippen LogP contribution < -0.4 is 0 Å². The number of aliphatic hydroxyl groups is 1. The van der Waals surface area contributed by atoms with Crippen LogP contribution >= 0.6 is 0 Å². The summed E-state index contributed by atoms with van der Waals surface area (Å²) in [5, 5.41) is 20.0. The first-order chi connectivity index (χ1) is 12.5. The van der Waals surface area contributed by atoms with Crippen LogP contribution in [0.3, 0.4) is 0 Å². The van der Waals surface area contributed by atoms with Gasteiger partial charge in [0.2, 0.25) is 0 Å². The molecule has 0 aliphatic heterocycles. The molecule has 4 rings (SSSR count). The predicted octanol–water partition coefficient (Wildman–Crippen LogP) is 3.83. The molecule has 3 unspecified atom stereocenters. The van der Waals surface area contributed by atoms with E-state index in [4.69, 9.17) is 5.11 Å². The number of carboxylic acids is 1. The van der Waals surface area contributed by atoms with E-state index in [9.17, 15) is 14.7 Å². The second-order valence-corrected chi connectivity index (χ2v) is 9.39. The van der Waals surface area contributed by atoms with Crippen LogP contribution in [0.1, 0.15) is 64.7 Å². The molecule has 2 N–H and O–H groups in total. The molecule has 8 atom stereocenters. The third kappa shape index (κ3) is 3.15. The van der Waals surface area contributed by atoms with Crippen molar-refractivity contribution >= 4 is 11.8 Å². The molecule has 0 aromatic carbocycles. The summed E-state index contributed by atoms with van der Waals surface area (Å²) in [6.45, 7) is 2.18. The van der Waals surface area contributed by atoms with Gasteiger partial charge in [-0.1, -0.05) is 12.5 Å². The van der Waals surface area contributed by atoms with Crippen LogP contribution in [0.4, 0.5) is 0 Å². The summed E-state index contributed by atoms with van der Waals surface area (Å²) in [5.41, 5.74) is 1.36. The van der Waals surface area contributed by atoms with Crippen LogP contribution in [0.2, 0.25) is 0 Å². The molecule has 0 heterocycles. The lowest BCUT2D eigenvalue weighted by Gasteiger charge is -2.51. The van der Waals surface area contributed by atoms with Crippen molar-refractivity contribution in [2.75, 3.05) is 0 Å². The van der Waals surface area contributed by atoms with Gasteiger partial charge in [-0.2, -0.15) is 0 Å². The highest BCUT2D eigenvalue weighted by Gasteiger charge is 2.54. The van der Waals surface area contributed by atoms with Gasteiger partial charge < -0.3 is 10.2 Å². The standard InChI is InChI=1S/C22H32O4/c1-12(2-9-21(25)26)15-7-8-18-17-5-3-13-10-14(23)4-6-16(13)19(17)11-20(24)22(15)18/h10,12,15-20,22,24H,2-9,11H2,1H3,(H,25,26)/t12?,15?,16-,17-,18-,19+,20?,22+/m0/s1. The van der Waals surface area contributed by atoms with Gasteiger partial charge >= 0.3 is 5.97 Å².